The summed E-state index contributed by atoms with van der Waals surface area (Å²) in [6, 6.07) is 6.89. The van der Waals surface area contributed by atoms with Crippen molar-refractivity contribution >= 4 is 21.4 Å². The second-order valence-corrected chi connectivity index (χ2v) is 8.64. The zero-order valence-electron chi connectivity index (χ0n) is 15.1. The molecule has 0 aliphatic carbocycles. The summed E-state index contributed by atoms with van der Waals surface area (Å²) in [7, 11) is -4.04. The molecule has 1 unspecified atom stereocenters. The maximum absolute atomic E-state index is 11.5. The maximum atomic E-state index is 11.5. The molecule has 26 heavy (non-hydrogen) atoms. The van der Waals surface area contributed by atoms with Gasteiger partial charge < -0.3 is 9.73 Å². The van der Waals surface area contributed by atoms with E-state index in [4.69, 9.17) is 9.56 Å². The van der Waals surface area contributed by atoms with E-state index in [1.54, 1.807) is 0 Å². The lowest BCUT2D eigenvalue weighted by Gasteiger charge is -2.30. The molecule has 8 nitrogen and oxygen atoms in total. The molecule has 1 aromatic carbocycles. The van der Waals surface area contributed by atoms with Crippen LogP contribution in [0.3, 0.4) is 0 Å². The van der Waals surface area contributed by atoms with Crippen LogP contribution in [0.1, 0.15) is 45.3 Å². The molecular weight excluding hydrogens is 358 g/mol. The highest BCUT2D eigenvalue weighted by molar-refractivity contribution is 7.89. The normalized spacial score (nSPS) is 13.4. The Morgan fingerprint density at radius 3 is 2.38 bits per heavy atom. The van der Waals surface area contributed by atoms with E-state index in [-0.39, 0.29) is 27.7 Å². The summed E-state index contributed by atoms with van der Waals surface area (Å²) in [5.74, 6) is 1.47. The van der Waals surface area contributed by atoms with Crippen molar-refractivity contribution in [3.8, 4) is 0 Å². The van der Waals surface area contributed by atoms with Gasteiger partial charge in [-0.15, -0.1) is 0 Å². The lowest BCUT2D eigenvalue weighted by Crippen LogP contribution is -2.26. The number of nitrogens with two attached hydrogens (primary N) is 1. The first-order chi connectivity index (χ1) is 11.9. The molecule has 0 radical (unpaired) electrons. The second kappa shape index (κ2) is 7.08. The van der Waals surface area contributed by atoms with E-state index >= 15 is 0 Å². The highest BCUT2D eigenvalue weighted by atomic mass is 32.2. The lowest BCUT2D eigenvalue weighted by atomic mass is 9.85. The number of sulfonamides is 1. The first-order valence-electron chi connectivity index (χ1n) is 8.10. The maximum Gasteiger partial charge on any atom is 0.293 e. The van der Waals surface area contributed by atoms with Crippen molar-refractivity contribution in [1.82, 2.24) is 0 Å². The topological polar surface area (TPSA) is 128 Å². The number of nitro benzene ring substituents is 1. The van der Waals surface area contributed by atoms with Crippen LogP contribution in [-0.2, 0) is 16.4 Å². The summed E-state index contributed by atoms with van der Waals surface area (Å²) in [6.07, 6.45) is 0.736. The second-order valence-electron chi connectivity index (χ2n) is 7.08. The van der Waals surface area contributed by atoms with Crippen molar-refractivity contribution in [2.75, 3.05) is 5.32 Å². The van der Waals surface area contributed by atoms with Gasteiger partial charge in [-0.3, -0.25) is 10.1 Å². The summed E-state index contributed by atoms with van der Waals surface area (Å²) in [4.78, 5) is 10.5. The fraction of sp³-hybridized carbons (Fsp3) is 0.412. The molecule has 0 bridgehead atoms. The highest BCUT2D eigenvalue weighted by Gasteiger charge is 2.31. The van der Waals surface area contributed by atoms with Gasteiger partial charge in [-0.1, -0.05) is 27.7 Å². The van der Waals surface area contributed by atoms with Crippen molar-refractivity contribution < 1.29 is 17.8 Å². The summed E-state index contributed by atoms with van der Waals surface area (Å²) in [6.45, 7) is 7.90. The van der Waals surface area contributed by atoms with E-state index in [9.17, 15) is 18.5 Å². The number of hydrogen-bond acceptors (Lipinski definition) is 6. The van der Waals surface area contributed by atoms with Crippen LogP contribution in [0.5, 0.6) is 0 Å². The molecule has 0 amide bonds. The third-order valence-electron chi connectivity index (χ3n) is 3.98. The van der Waals surface area contributed by atoms with Gasteiger partial charge in [0.15, 0.2) is 0 Å². The summed E-state index contributed by atoms with van der Waals surface area (Å²) in [5, 5.41) is 19.6. The van der Waals surface area contributed by atoms with Crippen molar-refractivity contribution in [3.63, 3.8) is 0 Å². The predicted octanol–water partition coefficient (Wildman–Crippen LogP) is 3.60. The molecule has 0 fully saturated rings. The van der Waals surface area contributed by atoms with E-state index in [2.05, 4.69) is 5.32 Å². The molecule has 0 spiro atoms. The number of rotatable bonds is 6. The SMILES string of the molecule is CCc1ccc(C(Nc2ccc(S(N)(=O)=O)cc2[N+](=O)[O-])C(C)(C)C)o1. The van der Waals surface area contributed by atoms with Crippen LogP contribution in [0.4, 0.5) is 11.4 Å². The zero-order chi connectivity index (χ0) is 19.7. The van der Waals surface area contributed by atoms with Crippen LogP contribution in [0.25, 0.3) is 0 Å². The van der Waals surface area contributed by atoms with Crippen LogP contribution in [-0.4, -0.2) is 13.3 Å². The van der Waals surface area contributed by atoms with Crippen molar-refractivity contribution in [1.29, 1.82) is 0 Å². The molecule has 9 heteroatoms. The van der Waals surface area contributed by atoms with E-state index < -0.39 is 14.9 Å². The Labute approximate surface area is 152 Å². The Bertz CT molecular complexity index is 913. The molecule has 3 N–H and O–H groups in total. The minimum Gasteiger partial charge on any atom is -0.464 e. The summed E-state index contributed by atoms with van der Waals surface area (Å²) in [5.41, 5.74) is -0.500. The van der Waals surface area contributed by atoms with Crippen LogP contribution >= 0.6 is 0 Å². The van der Waals surface area contributed by atoms with Gasteiger partial charge in [-0.25, -0.2) is 13.6 Å². The van der Waals surface area contributed by atoms with Crippen molar-refractivity contribution in [2.24, 2.45) is 10.6 Å². The third kappa shape index (κ3) is 4.41. The number of furan rings is 1. The fourth-order valence-corrected chi connectivity index (χ4v) is 3.10. The Kier molecular flexibility index (Phi) is 5.43. The minimum absolute atomic E-state index is 0.191. The Morgan fingerprint density at radius 1 is 1.27 bits per heavy atom. The number of nitrogens with zero attached hydrogens (tertiary/aromatic N) is 1. The predicted molar refractivity (Wildman–Crippen MR) is 98.4 cm³/mol. The molecule has 2 rings (SSSR count). The van der Waals surface area contributed by atoms with Gasteiger partial charge in [-0.05, 0) is 29.7 Å². The number of nitrogens with one attached hydrogen (secondary N) is 1. The van der Waals surface area contributed by atoms with E-state index in [1.807, 2.05) is 39.8 Å². The number of hydrogen-bond donors (Lipinski definition) is 2. The largest absolute Gasteiger partial charge is 0.464 e. The number of aryl methyl sites for hydroxylation is 1. The molecule has 0 aliphatic rings. The molecule has 0 aliphatic heterocycles. The van der Waals surface area contributed by atoms with Gasteiger partial charge in [0.1, 0.15) is 17.2 Å². The Hall–Kier alpha value is -2.39. The third-order valence-corrected chi connectivity index (χ3v) is 4.89. The highest BCUT2D eigenvalue weighted by Crippen LogP contribution is 2.39. The van der Waals surface area contributed by atoms with Crippen LogP contribution in [0.2, 0.25) is 0 Å². The summed E-state index contributed by atoms with van der Waals surface area (Å²) >= 11 is 0. The van der Waals surface area contributed by atoms with Gasteiger partial charge in [0.25, 0.3) is 5.69 Å². The van der Waals surface area contributed by atoms with E-state index in [1.165, 1.54) is 12.1 Å². The number of benzene rings is 1. The van der Waals surface area contributed by atoms with E-state index in [0.717, 1.165) is 18.2 Å². The van der Waals surface area contributed by atoms with Gasteiger partial charge in [0.05, 0.1) is 15.9 Å². The average Bonchev–Trinajstić information content (AvgIpc) is 2.98. The smallest absolute Gasteiger partial charge is 0.293 e. The first-order valence-corrected chi connectivity index (χ1v) is 9.64. The van der Waals surface area contributed by atoms with Crippen molar-refractivity contribution in [3.05, 3.63) is 52.0 Å². The van der Waals surface area contributed by atoms with Gasteiger partial charge >= 0.3 is 0 Å². The van der Waals surface area contributed by atoms with E-state index in [0.29, 0.717) is 5.76 Å². The Balaban J connectivity index is 2.50. The molecule has 1 aromatic heterocycles. The van der Waals surface area contributed by atoms with Gasteiger partial charge in [0.2, 0.25) is 10.0 Å². The molecular formula is C17H23N3O5S. The van der Waals surface area contributed by atoms with Crippen LogP contribution in [0, 0.1) is 15.5 Å². The quantitative estimate of drug-likeness (QED) is 0.581. The number of primary sulfonamides is 1. The molecule has 142 valence electrons. The first kappa shape index (κ1) is 19.9. The molecule has 0 saturated carbocycles. The van der Waals surface area contributed by atoms with Gasteiger partial charge in [-0.2, -0.15) is 0 Å². The zero-order valence-corrected chi connectivity index (χ0v) is 16.0. The number of nitro groups is 1. The molecule has 2 aromatic rings. The van der Waals surface area contributed by atoms with Crippen molar-refractivity contribution in [2.45, 2.75) is 45.1 Å². The lowest BCUT2D eigenvalue weighted by molar-refractivity contribution is -0.384. The molecule has 0 saturated heterocycles. The van der Waals surface area contributed by atoms with Crippen LogP contribution < -0.4 is 10.5 Å². The molecule has 1 atom stereocenters. The Morgan fingerprint density at radius 2 is 1.92 bits per heavy atom. The average molecular weight is 381 g/mol. The summed E-state index contributed by atoms with van der Waals surface area (Å²) < 4.78 is 28.8. The monoisotopic (exact) mass is 381 g/mol. The van der Waals surface area contributed by atoms with Crippen LogP contribution in [0.15, 0.2) is 39.6 Å². The van der Waals surface area contributed by atoms with Gasteiger partial charge in [0, 0.05) is 12.5 Å². The number of anilines is 1. The molecule has 1 heterocycles. The minimum atomic E-state index is -4.04. The fourth-order valence-electron chi connectivity index (χ4n) is 2.57. The standard InChI is InChI=1S/C17H23N3O5S/c1-5-11-6-9-15(25-11)16(17(2,3)4)19-13-8-7-12(26(18,23)24)10-14(13)20(21)22/h6-10,16,19H,5H2,1-4H3,(H2,18,23,24).